The van der Waals surface area contributed by atoms with Gasteiger partial charge in [0.1, 0.15) is 0 Å². The first-order valence-corrected chi connectivity index (χ1v) is 9.57. The highest BCUT2D eigenvalue weighted by Gasteiger charge is 2.24. The fraction of sp³-hybridized carbons (Fsp3) is 0.278. The Kier molecular flexibility index (Phi) is 5.03. The molecule has 3 rings (SSSR count). The van der Waals surface area contributed by atoms with Gasteiger partial charge in [-0.1, -0.05) is 6.07 Å². The predicted molar refractivity (Wildman–Crippen MR) is 97.3 cm³/mol. The van der Waals surface area contributed by atoms with Gasteiger partial charge in [0, 0.05) is 23.4 Å². The number of hydrogen-bond acceptors (Lipinski definition) is 5. The van der Waals surface area contributed by atoms with E-state index < -0.39 is 10.0 Å². The van der Waals surface area contributed by atoms with E-state index in [2.05, 4.69) is 10.0 Å². The molecule has 1 aliphatic carbocycles. The van der Waals surface area contributed by atoms with Gasteiger partial charge in [-0.25, -0.2) is 8.42 Å². The third-order valence-electron chi connectivity index (χ3n) is 3.95. The molecule has 1 aliphatic rings. The second-order valence-electron chi connectivity index (χ2n) is 5.95. The maximum Gasteiger partial charge on any atom is 0.262 e. The number of carbonyl (C=O) groups is 1. The monoisotopic (exact) mass is 376 g/mol. The van der Waals surface area contributed by atoms with E-state index >= 15 is 0 Å². The maximum absolute atomic E-state index is 12.6. The average Bonchev–Trinajstić information content (AvgIpc) is 3.44. The topological polar surface area (TPSA) is 93.7 Å². The molecule has 0 aromatic heterocycles. The molecule has 7 nitrogen and oxygen atoms in total. The van der Waals surface area contributed by atoms with Gasteiger partial charge in [-0.05, 0) is 43.2 Å². The molecule has 0 heterocycles. The number of sulfonamides is 1. The molecule has 2 aromatic carbocycles. The fourth-order valence-corrected chi connectivity index (χ4v) is 3.48. The Balaban J connectivity index is 1.82. The lowest BCUT2D eigenvalue weighted by Gasteiger charge is -2.12. The maximum atomic E-state index is 12.6. The van der Waals surface area contributed by atoms with Gasteiger partial charge in [-0.3, -0.25) is 9.52 Å². The van der Waals surface area contributed by atoms with Crippen molar-refractivity contribution in [1.82, 2.24) is 5.32 Å². The number of nitrogens with one attached hydrogen (secondary N) is 2. The van der Waals surface area contributed by atoms with E-state index in [0.717, 1.165) is 12.8 Å². The SMILES string of the molecule is COc1ccc(S(=O)(=O)Nc2cccc(C(=O)NC3CC3)c2)cc1OC. The summed E-state index contributed by atoms with van der Waals surface area (Å²) >= 11 is 0. The molecule has 8 heteroatoms. The Labute approximate surface area is 152 Å². The van der Waals surface area contributed by atoms with Gasteiger partial charge in [-0.2, -0.15) is 0 Å². The van der Waals surface area contributed by atoms with Crippen LogP contribution in [0.2, 0.25) is 0 Å². The summed E-state index contributed by atoms with van der Waals surface area (Å²) in [4.78, 5) is 12.1. The van der Waals surface area contributed by atoms with Crippen LogP contribution < -0.4 is 19.5 Å². The van der Waals surface area contributed by atoms with Gasteiger partial charge in [0.15, 0.2) is 11.5 Å². The number of anilines is 1. The van der Waals surface area contributed by atoms with Crippen molar-refractivity contribution >= 4 is 21.6 Å². The van der Waals surface area contributed by atoms with Crippen LogP contribution >= 0.6 is 0 Å². The van der Waals surface area contributed by atoms with E-state index in [1.54, 1.807) is 18.2 Å². The van der Waals surface area contributed by atoms with Crippen LogP contribution in [-0.4, -0.2) is 34.6 Å². The third kappa shape index (κ3) is 4.08. The second kappa shape index (κ2) is 7.25. The molecule has 0 radical (unpaired) electrons. The Bertz CT molecular complexity index is 923. The number of rotatable bonds is 7. The van der Waals surface area contributed by atoms with Crippen LogP contribution in [0, 0.1) is 0 Å². The Morgan fingerprint density at radius 3 is 2.42 bits per heavy atom. The highest BCUT2D eigenvalue weighted by molar-refractivity contribution is 7.92. The molecule has 2 N–H and O–H groups in total. The lowest BCUT2D eigenvalue weighted by molar-refractivity contribution is 0.0951. The van der Waals surface area contributed by atoms with Crippen molar-refractivity contribution in [2.45, 2.75) is 23.8 Å². The molecular formula is C18H20N2O5S. The minimum Gasteiger partial charge on any atom is -0.493 e. The van der Waals surface area contributed by atoms with Crippen LogP contribution in [0.5, 0.6) is 11.5 Å². The van der Waals surface area contributed by atoms with Crippen molar-refractivity contribution in [3.8, 4) is 11.5 Å². The summed E-state index contributed by atoms with van der Waals surface area (Å²) in [6, 6.07) is 10.9. The molecule has 138 valence electrons. The molecule has 0 bridgehead atoms. The number of ether oxygens (including phenoxy) is 2. The zero-order valence-electron chi connectivity index (χ0n) is 14.5. The van der Waals surface area contributed by atoms with Gasteiger partial charge >= 0.3 is 0 Å². The molecule has 0 spiro atoms. The van der Waals surface area contributed by atoms with Crippen LogP contribution in [0.4, 0.5) is 5.69 Å². The Hall–Kier alpha value is -2.74. The number of carbonyl (C=O) groups excluding carboxylic acids is 1. The average molecular weight is 376 g/mol. The molecule has 0 saturated heterocycles. The normalized spacial score (nSPS) is 13.8. The first-order valence-electron chi connectivity index (χ1n) is 8.09. The second-order valence-corrected chi connectivity index (χ2v) is 7.63. The van der Waals surface area contributed by atoms with Gasteiger partial charge in [0.25, 0.3) is 15.9 Å². The molecule has 0 aliphatic heterocycles. The van der Waals surface area contributed by atoms with E-state index in [1.165, 1.54) is 38.5 Å². The summed E-state index contributed by atoms with van der Waals surface area (Å²) in [5.74, 6) is 0.540. The molecule has 0 atom stereocenters. The smallest absolute Gasteiger partial charge is 0.262 e. The van der Waals surface area contributed by atoms with Gasteiger partial charge < -0.3 is 14.8 Å². The zero-order chi connectivity index (χ0) is 18.7. The molecule has 26 heavy (non-hydrogen) atoms. The third-order valence-corrected chi connectivity index (χ3v) is 5.33. The van der Waals surface area contributed by atoms with Gasteiger partial charge in [0.2, 0.25) is 0 Å². The number of methoxy groups -OCH3 is 2. The summed E-state index contributed by atoms with van der Waals surface area (Å²) in [6.07, 6.45) is 1.97. The summed E-state index contributed by atoms with van der Waals surface area (Å²) in [7, 11) is -0.933. The predicted octanol–water partition coefficient (Wildman–Crippen LogP) is 2.40. The minimum absolute atomic E-state index is 0.0305. The van der Waals surface area contributed by atoms with E-state index in [-0.39, 0.29) is 16.8 Å². The lowest BCUT2D eigenvalue weighted by Crippen LogP contribution is -2.25. The van der Waals surface area contributed by atoms with E-state index in [4.69, 9.17) is 9.47 Å². The van der Waals surface area contributed by atoms with Crippen molar-refractivity contribution in [1.29, 1.82) is 0 Å². The van der Waals surface area contributed by atoms with Crippen LogP contribution in [0.3, 0.4) is 0 Å². The van der Waals surface area contributed by atoms with E-state index in [9.17, 15) is 13.2 Å². The van der Waals surface area contributed by atoms with Crippen molar-refractivity contribution in [3.63, 3.8) is 0 Å². The van der Waals surface area contributed by atoms with Crippen molar-refractivity contribution in [2.24, 2.45) is 0 Å². The van der Waals surface area contributed by atoms with E-state index in [1.807, 2.05) is 0 Å². The molecule has 0 unspecified atom stereocenters. The molecular weight excluding hydrogens is 356 g/mol. The highest BCUT2D eigenvalue weighted by Crippen LogP contribution is 2.30. The van der Waals surface area contributed by atoms with Crippen LogP contribution in [0.25, 0.3) is 0 Å². The number of hydrogen-bond donors (Lipinski definition) is 2. The van der Waals surface area contributed by atoms with Gasteiger partial charge in [0.05, 0.1) is 19.1 Å². The molecule has 2 aromatic rings. The standard InChI is InChI=1S/C18H20N2O5S/c1-24-16-9-8-15(11-17(16)25-2)26(22,23)20-14-5-3-4-12(10-14)18(21)19-13-6-7-13/h3-5,8-11,13,20H,6-7H2,1-2H3,(H,19,21). The number of amides is 1. The highest BCUT2D eigenvalue weighted by atomic mass is 32.2. The number of benzene rings is 2. The van der Waals surface area contributed by atoms with Crippen molar-refractivity contribution in [3.05, 3.63) is 48.0 Å². The summed E-state index contributed by atoms with van der Waals surface area (Å²) in [6.45, 7) is 0. The molecule has 1 fully saturated rings. The first-order chi connectivity index (χ1) is 12.4. The van der Waals surface area contributed by atoms with Crippen molar-refractivity contribution in [2.75, 3.05) is 18.9 Å². The van der Waals surface area contributed by atoms with Gasteiger partial charge in [-0.15, -0.1) is 0 Å². The van der Waals surface area contributed by atoms with Crippen molar-refractivity contribution < 1.29 is 22.7 Å². The minimum atomic E-state index is -3.84. The zero-order valence-corrected chi connectivity index (χ0v) is 15.3. The molecule has 1 amide bonds. The Morgan fingerprint density at radius 1 is 1.04 bits per heavy atom. The lowest BCUT2D eigenvalue weighted by atomic mass is 10.2. The summed E-state index contributed by atoms with van der Waals surface area (Å²) in [5, 5.41) is 2.87. The first kappa shape index (κ1) is 18.1. The largest absolute Gasteiger partial charge is 0.493 e. The quantitative estimate of drug-likeness (QED) is 0.774. The Morgan fingerprint density at radius 2 is 1.77 bits per heavy atom. The summed E-state index contributed by atoms with van der Waals surface area (Å²) in [5.41, 5.74) is 0.715. The summed E-state index contributed by atoms with van der Waals surface area (Å²) < 4.78 is 38.0. The van der Waals surface area contributed by atoms with Crippen LogP contribution in [0.1, 0.15) is 23.2 Å². The van der Waals surface area contributed by atoms with E-state index in [0.29, 0.717) is 22.7 Å². The fourth-order valence-electron chi connectivity index (χ4n) is 2.42. The van der Waals surface area contributed by atoms with Crippen LogP contribution in [0.15, 0.2) is 47.4 Å². The molecule has 1 saturated carbocycles. The van der Waals surface area contributed by atoms with Crippen LogP contribution in [-0.2, 0) is 10.0 Å².